The minimum Gasteiger partial charge on any atom is -0.497 e. The van der Waals surface area contributed by atoms with Crippen LogP contribution < -0.4 is 15.0 Å². The lowest BCUT2D eigenvalue weighted by molar-refractivity contribution is -0.136. The first-order valence-corrected chi connectivity index (χ1v) is 17.2. The SMILES string of the molecule is COc1ccc(N2CCN(C(=O)C(CSCC3CCCCC3)NC(=O)CN(CSC)C(=O)OC(C)(C)C)CC2)cc1. The second-order valence-electron chi connectivity index (χ2n) is 11.8. The van der Waals surface area contributed by atoms with Gasteiger partial charge in [-0.3, -0.25) is 14.5 Å². The number of benzene rings is 1. The Morgan fingerprint density at radius 1 is 1.05 bits per heavy atom. The van der Waals surface area contributed by atoms with E-state index in [1.54, 1.807) is 39.6 Å². The molecule has 0 aromatic heterocycles. The summed E-state index contributed by atoms with van der Waals surface area (Å²) < 4.78 is 10.8. The number of thioether (sulfide) groups is 2. The van der Waals surface area contributed by atoms with E-state index in [1.165, 1.54) is 48.8 Å². The lowest BCUT2D eigenvalue weighted by atomic mass is 9.91. The molecule has 3 rings (SSSR count). The lowest BCUT2D eigenvalue weighted by Gasteiger charge is -2.38. The Morgan fingerprint density at radius 3 is 2.29 bits per heavy atom. The summed E-state index contributed by atoms with van der Waals surface area (Å²) in [5.74, 6) is 2.93. The molecular weight excluding hydrogens is 560 g/mol. The predicted octanol–water partition coefficient (Wildman–Crippen LogP) is 4.70. The summed E-state index contributed by atoms with van der Waals surface area (Å²) in [7, 11) is 1.65. The molecule has 1 heterocycles. The van der Waals surface area contributed by atoms with E-state index in [4.69, 9.17) is 9.47 Å². The Hall–Kier alpha value is -2.27. The molecule has 1 saturated carbocycles. The smallest absolute Gasteiger partial charge is 0.411 e. The number of methoxy groups -OCH3 is 1. The fourth-order valence-corrected chi connectivity index (χ4v) is 6.91. The number of rotatable bonds is 12. The molecule has 1 aromatic carbocycles. The Bertz CT molecular complexity index is 974. The third-order valence-corrected chi connectivity index (χ3v) is 9.14. The molecule has 1 unspecified atom stereocenters. The van der Waals surface area contributed by atoms with Gasteiger partial charge in [0.05, 0.1) is 13.0 Å². The van der Waals surface area contributed by atoms with Crippen molar-refractivity contribution in [3.8, 4) is 5.75 Å². The number of carbonyl (C=O) groups excluding carboxylic acids is 3. The van der Waals surface area contributed by atoms with Gasteiger partial charge in [0.1, 0.15) is 23.9 Å². The number of carbonyl (C=O) groups is 3. The molecule has 1 atom stereocenters. The van der Waals surface area contributed by atoms with E-state index in [9.17, 15) is 14.4 Å². The molecule has 41 heavy (non-hydrogen) atoms. The number of hydrogen-bond acceptors (Lipinski definition) is 8. The van der Waals surface area contributed by atoms with Crippen molar-refractivity contribution in [1.82, 2.24) is 15.1 Å². The first-order chi connectivity index (χ1) is 19.6. The zero-order chi connectivity index (χ0) is 29.8. The number of nitrogens with zero attached hydrogens (tertiary/aromatic N) is 3. The maximum atomic E-state index is 13.7. The highest BCUT2D eigenvalue weighted by Gasteiger charge is 2.31. The monoisotopic (exact) mass is 608 g/mol. The quantitative estimate of drug-likeness (QED) is 0.342. The number of hydrogen-bond donors (Lipinski definition) is 1. The minimum absolute atomic E-state index is 0.0578. The molecule has 0 spiro atoms. The van der Waals surface area contributed by atoms with E-state index in [0.29, 0.717) is 43.7 Å². The molecule has 0 bridgehead atoms. The largest absolute Gasteiger partial charge is 0.497 e. The van der Waals surface area contributed by atoms with E-state index >= 15 is 0 Å². The number of piperazine rings is 1. The first-order valence-electron chi connectivity index (χ1n) is 14.6. The topological polar surface area (TPSA) is 91.4 Å². The van der Waals surface area contributed by atoms with Gasteiger partial charge in [0.25, 0.3) is 0 Å². The van der Waals surface area contributed by atoms with Gasteiger partial charge in [-0.25, -0.2) is 4.79 Å². The third kappa shape index (κ3) is 11.1. The van der Waals surface area contributed by atoms with Crippen LogP contribution in [0.2, 0.25) is 0 Å². The Morgan fingerprint density at radius 2 is 1.71 bits per heavy atom. The molecule has 0 radical (unpaired) electrons. The molecule has 9 nitrogen and oxygen atoms in total. The third-order valence-electron chi connectivity index (χ3n) is 7.30. The van der Waals surface area contributed by atoms with Crippen LogP contribution in [0.15, 0.2) is 24.3 Å². The highest BCUT2D eigenvalue weighted by atomic mass is 32.2. The molecule has 11 heteroatoms. The standard InChI is InChI=1S/C30H48N4O5S2/c1-30(2,3)39-29(37)34(22-40-5)19-27(35)31-26(21-41-20-23-9-7-6-8-10-23)28(36)33-17-15-32(16-18-33)24-11-13-25(38-4)14-12-24/h11-14,23,26H,6-10,15-22H2,1-5H3,(H,31,35). The molecule has 1 N–H and O–H groups in total. The normalized spacial score (nSPS) is 17.1. The van der Waals surface area contributed by atoms with Crippen LogP contribution in [0.5, 0.6) is 5.75 Å². The van der Waals surface area contributed by atoms with Crippen LogP contribution >= 0.6 is 23.5 Å². The predicted molar refractivity (Wildman–Crippen MR) is 169 cm³/mol. The maximum absolute atomic E-state index is 13.7. The van der Waals surface area contributed by atoms with E-state index < -0.39 is 17.7 Å². The van der Waals surface area contributed by atoms with Gasteiger partial charge in [0.15, 0.2) is 0 Å². The van der Waals surface area contributed by atoms with Gasteiger partial charge in [0.2, 0.25) is 11.8 Å². The molecule has 1 aromatic rings. The average molecular weight is 609 g/mol. The van der Waals surface area contributed by atoms with Crippen LogP contribution in [0.25, 0.3) is 0 Å². The Balaban J connectivity index is 1.61. The molecular formula is C30H48N4O5S2. The summed E-state index contributed by atoms with van der Waals surface area (Å²) in [6.45, 7) is 7.85. The second kappa shape index (κ2) is 16.4. The molecule has 2 aliphatic rings. The van der Waals surface area contributed by atoms with Gasteiger partial charge in [-0.15, -0.1) is 11.8 Å². The maximum Gasteiger partial charge on any atom is 0.411 e. The van der Waals surface area contributed by atoms with Crippen LogP contribution in [-0.2, 0) is 14.3 Å². The summed E-state index contributed by atoms with van der Waals surface area (Å²) in [6.07, 6.45) is 7.68. The van der Waals surface area contributed by atoms with Crippen molar-refractivity contribution < 1.29 is 23.9 Å². The van der Waals surface area contributed by atoms with Crippen molar-refractivity contribution in [1.29, 1.82) is 0 Å². The van der Waals surface area contributed by atoms with E-state index in [2.05, 4.69) is 10.2 Å². The van der Waals surface area contributed by atoms with Crippen LogP contribution in [0.1, 0.15) is 52.9 Å². The molecule has 1 aliphatic carbocycles. The number of amides is 3. The average Bonchev–Trinajstić information content (AvgIpc) is 2.96. The van der Waals surface area contributed by atoms with E-state index in [-0.39, 0.29) is 18.4 Å². The molecule has 230 valence electrons. The zero-order valence-electron chi connectivity index (χ0n) is 25.4. The van der Waals surface area contributed by atoms with E-state index in [1.807, 2.05) is 35.4 Å². The zero-order valence-corrected chi connectivity index (χ0v) is 27.0. The van der Waals surface area contributed by atoms with Crippen LogP contribution in [0.3, 0.4) is 0 Å². The van der Waals surface area contributed by atoms with Crippen molar-refractivity contribution in [2.45, 2.75) is 64.5 Å². The number of anilines is 1. The van der Waals surface area contributed by atoms with Crippen molar-refractivity contribution in [2.24, 2.45) is 5.92 Å². The molecule has 2 fully saturated rings. The summed E-state index contributed by atoms with van der Waals surface area (Å²) in [4.78, 5) is 45.1. The Kier molecular flexibility index (Phi) is 13.3. The van der Waals surface area contributed by atoms with Gasteiger partial charge >= 0.3 is 6.09 Å². The highest BCUT2D eigenvalue weighted by molar-refractivity contribution is 7.99. The van der Waals surface area contributed by atoms with Crippen LogP contribution in [-0.4, -0.2) is 103 Å². The second-order valence-corrected chi connectivity index (χ2v) is 13.7. The summed E-state index contributed by atoms with van der Waals surface area (Å²) in [5, 5.41) is 2.98. The van der Waals surface area contributed by atoms with Gasteiger partial charge < -0.3 is 24.6 Å². The van der Waals surface area contributed by atoms with Gasteiger partial charge in [-0.05, 0) is 75.8 Å². The summed E-state index contributed by atoms with van der Waals surface area (Å²) in [5.41, 5.74) is 0.439. The summed E-state index contributed by atoms with van der Waals surface area (Å²) in [6, 6.07) is 7.32. The lowest BCUT2D eigenvalue weighted by Crippen LogP contribution is -2.57. The fraction of sp³-hybridized carbons (Fsp3) is 0.700. The summed E-state index contributed by atoms with van der Waals surface area (Å²) >= 11 is 3.19. The minimum atomic E-state index is -0.660. The Labute approximate surface area is 254 Å². The van der Waals surface area contributed by atoms with Crippen molar-refractivity contribution >= 4 is 47.1 Å². The van der Waals surface area contributed by atoms with Crippen molar-refractivity contribution in [2.75, 3.05) is 68.4 Å². The van der Waals surface area contributed by atoms with Crippen LogP contribution in [0, 0.1) is 5.92 Å². The molecule has 1 aliphatic heterocycles. The van der Waals surface area contributed by atoms with Gasteiger partial charge in [0, 0.05) is 37.6 Å². The number of ether oxygens (including phenoxy) is 2. The van der Waals surface area contributed by atoms with Crippen LogP contribution in [0.4, 0.5) is 10.5 Å². The van der Waals surface area contributed by atoms with Gasteiger partial charge in [-0.2, -0.15) is 11.8 Å². The fourth-order valence-electron chi connectivity index (χ4n) is 5.14. The van der Waals surface area contributed by atoms with Crippen molar-refractivity contribution in [3.63, 3.8) is 0 Å². The van der Waals surface area contributed by atoms with Gasteiger partial charge in [-0.1, -0.05) is 19.3 Å². The van der Waals surface area contributed by atoms with Crippen molar-refractivity contribution in [3.05, 3.63) is 24.3 Å². The first kappa shape index (κ1) is 33.2. The molecule has 1 saturated heterocycles. The molecule has 3 amide bonds. The number of nitrogens with one attached hydrogen (secondary N) is 1. The highest BCUT2D eigenvalue weighted by Crippen LogP contribution is 2.27. The van der Waals surface area contributed by atoms with E-state index in [0.717, 1.165) is 17.2 Å².